The van der Waals surface area contributed by atoms with Gasteiger partial charge in [0.1, 0.15) is 11.4 Å². The lowest BCUT2D eigenvalue weighted by molar-refractivity contribution is 0.0636. The molecule has 0 aliphatic heterocycles. The van der Waals surface area contributed by atoms with E-state index in [1.54, 1.807) is 6.20 Å². The molecule has 0 aromatic carbocycles. The predicted molar refractivity (Wildman–Crippen MR) is 80.0 cm³/mol. The Kier molecular flexibility index (Phi) is 4.47. The zero-order valence-electron chi connectivity index (χ0n) is 12.4. The van der Waals surface area contributed by atoms with Gasteiger partial charge in [0.15, 0.2) is 0 Å². The summed E-state index contributed by atoms with van der Waals surface area (Å²) in [6.07, 6.45) is 6.17. The van der Waals surface area contributed by atoms with E-state index in [1.807, 2.05) is 32.9 Å². The molecule has 1 fully saturated rings. The van der Waals surface area contributed by atoms with Gasteiger partial charge in [-0.1, -0.05) is 12.8 Å². The van der Waals surface area contributed by atoms with Crippen LogP contribution in [-0.2, 0) is 4.74 Å². The number of hydrogen-bond donors (Lipinski definition) is 2. The molecule has 5 nitrogen and oxygen atoms in total. The third-order valence-corrected chi connectivity index (χ3v) is 3.12. The first-order valence-electron chi connectivity index (χ1n) is 7.15. The summed E-state index contributed by atoms with van der Waals surface area (Å²) in [5, 5.41) is 6.07. The number of rotatable bonds is 3. The maximum Gasteiger partial charge on any atom is 0.412 e. The first-order chi connectivity index (χ1) is 9.42. The molecule has 0 unspecified atom stereocenters. The topological polar surface area (TPSA) is 63.2 Å². The van der Waals surface area contributed by atoms with E-state index in [1.165, 1.54) is 25.7 Å². The third-order valence-electron chi connectivity index (χ3n) is 3.12. The summed E-state index contributed by atoms with van der Waals surface area (Å²) in [6, 6.07) is 4.24. The van der Waals surface area contributed by atoms with Crippen LogP contribution in [0.4, 0.5) is 16.3 Å². The van der Waals surface area contributed by atoms with E-state index in [-0.39, 0.29) is 0 Å². The van der Waals surface area contributed by atoms with E-state index >= 15 is 0 Å². The van der Waals surface area contributed by atoms with Crippen LogP contribution in [0.5, 0.6) is 0 Å². The number of hydrogen-bond acceptors (Lipinski definition) is 4. The van der Waals surface area contributed by atoms with Crippen molar-refractivity contribution < 1.29 is 9.53 Å². The number of carbonyl (C=O) groups excluding carboxylic acids is 1. The minimum atomic E-state index is -0.499. The van der Waals surface area contributed by atoms with Crippen molar-refractivity contribution in [2.45, 2.75) is 58.1 Å². The molecule has 1 heterocycles. The molecule has 0 atom stereocenters. The Morgan fingerprint density at radius 3 is 2.55 bits per heavy atom. The van der Waals surface area contributed by atoms with Gasteiger partial charge in [-0.2, -0.15) is 0 Å². The zero-order valence-corrected chi connectivity index (χ0v) is 12.4. The first-order valence-corrected chi connectivity index (χ1v) is 7.15. The molecule has 5 heteroatoms. The average Bonchev–Trinajstić information content (AvgIpc) is 2.82. The second kappa shape index (κ2) is 6.11. The lowest BCUT2D eigenvalue weighted by Crippen LogP contribution is -2.27. The van der Waals surface area contributed by atoms with Crippen LogP contribution in [0.15, 0.2) is 18.3 Å². The largest absolute Gasteiger partial charge is 0.444 e. The van der Waals surface area contributed by atoms with Gasteiger partial charge in [-0.05, 0) is 45.7 Å². The predicted octanol–water partition coefficient (Wildman–Crippen LogP) is 3.78. The molecule has 1 aliphatic carbocycles. The van der Waals surface area contributed by atoms with Gasteiger partial charge < -0.3 is 10.1 Å². The number of nitrogens with one attached hydrogen (secondary N) is 2. The average molecular weight is 277 g/mol. The highest BCUT2D eigenvalue weighted by molar-refractivity contribution is 5.84. The molecule has 1 saturated carbocycles. The highest BCUT2D eigenvalue weighted by Crippen LogP contribution is 2.21. The van der Waals surface area contributed by atoms with E-state index in [0.717, 1.165) is 5.82 Å². The molecule has 110 valence electrons. The molecular weight excluding hydrogens is 254 g/mol. The van der Waals surface area contributed by atoms with Crippen molar-refractivity contribution in [1.82, 2.24) is 4.98 Å². The van der Waals surface area contributed by atoms with E-state index in [4.69, 9.17) is 4.74 Å². The van der Waals surface area contributed by atoms with Crippen molar-refractivity contribution in [2.24, 2.45) is 0 Å². The Morgan fingerprint density at radius 1 is 1.30 bits per heavy atom. The number of ether oxygens (including phenoxy) is 1. The van der Waals surface area contributed by atoms with Gasteiger partial charge in [-0.25, -0.2) is 9.78 Å². The summed E-state index contributed by atoms with van der Waals surface area (Å²) in [4.78, 5) is 15.9. The van der Waals surface area contributed by atoms with Crippen LogP contribution in [0.1, 0.15) is 46.5 Å². The Morgan fingerprint density at radius 2 is 2.00 bits per heavy atom. The number of nitrogens with zero attached hydrogens (tertiary/aromatic N) is 1. The van der Waals surface area contributed by atoms with Crippen molar-refractivity contribution in [3.05, 3.63) is 18.3 Å². The van der Waals surface area contributed by atoms with E-state index in [9.17, 15) is 4.79 Å². The van der Waals surface area contributed by atoms with E-state index in [2.05, 4.69) is 15.6 Å². The van der Waals surface area contributed by atoms with Gasteiger partial charge in [0.2, 0.25) is 0 Å². The van der Waals surface area contributed by atoms with Gasteiger partial charge >= 0.3 is 6.09 Å². The second-order valence-corrected chi connectivity index (χ2v) is 6.18. The summed E-state index contributed by atoms with van der Waals surface area (Å²) < 4.78 is 5.19. The number of carbonyl (C=O) groups is 1. The molecule has 1 aromatic rings. The van der Waals surface area contributed by atoms with Crippen LogP contribution in [-0.4, -0.2) is 22.7 Å². The zero-order chi connectivity index (χ0) is 14.6. The number of amides is 1. The monoisotopic (exact) mass is 277 g/mol. The molecule has 2 N–H and O–H groups in total. The van der Waals surface area contributed by atoms with Crippen LogP contribution < -0.4 is 10.6 Å². The molecule has 1 aliphatic rings. The fourth-order valence-electron chi connectivity index (χ4n) is 2.25. The quantitative estimate of drug-likeness (QED) is 0.882. The lowest BCUT2D eigenvalue weighted by atomic mass is 10.2. The van der Waals surface area contributed by atoms with Crippen LogP contribution in [0.2, 0.25) is 0 Å². The maximum absolute atomic E-state index is 11.6. The molecule has 0 spiro atoms. The fraction of sp³-hybridized carbons (Fsp3) is 0.600. The maximum atomic E-state index is 11.6. The fourth-order valence-corrected chi connectivity index (χ4v) is 2.25. The minimum absolute atomic E-state index is 0.462. The van der Waals surface area contributed by atoms with Gasteiger partial charge in [-0.15, -0.1) is 0 Å². The third kappa shape index (κ3) is 4.72. The second-order valence-electron chi connectivity index (χ2n) is 6.18. The van der Waals surface area contributed by atoms with Crippen LogP contribution in [0.3, 0.4) is 0 Å². The highest BCUT2D eigenvalue weighted by Gasteiger charge is 2.17. The van der Waals surface area contributed by atoms with Crippen LogP contribution >= 0.6 is 0 Å². The summed E-state index contributed by atoms with van der Waals surface area (Å²) in [7, 11) is 0. The van der Waals surface area contributed by atoms with E-state index in [0.29, 0.717) is 11.7 Å². The van der Waals surface area contributed by atoms with Gasteiger partial charge in [0.05, 0.1) is 11.9 Å². The number of aromatic nitrogens is 1. The minimum Gasteiger partial charge on any atom is -0.444 e. The molecule has 20 heavy (non-hydrogen) atoms. The number of pyridine rings is 1. The van der Waals surface area contributed by atoms with E-state index < -0.39 is 11.7 Å². The molecule has 1 amide bonds. The molecule has 1 aromatic heterocycles. The summed E-state index contributed by atoms with van der Waals surface area (Å²) in [5.74, 6) is 0.853. The highest BCUT2D eigenvalue weighted by atomic mass is 16.6. The number of anilines is 2. The first kappa shape index (κ1) is 14.6. The smallest absolute Gasteiger partial charge is 0.412 e. The van der Waals surface area contributed by atoms with Gasteiger partial charge in [0, 0.05) is 6.04 Å². The van der Waals surface area contributed by atoms with Crippen molar-refractivity contribution in [3.8, 4) is 0 Å². The Labute approximate surface area is 120 Å². The van der Waals surface area contributed by atoms with Gasteiger partial charge in [-0.3, -0.25) is 5.32 Å². The van der Waals surface area contributed by atoms with Crippen molar-refractivity contribution >= 4 is 17.6 Å². The van der Waals surface area contributed by atoms with Crippen molar-refractivity contribution in [2.75, 3.05) is 10.6 Å². The van der Waals surface area contributed by atoms with Crippen molar-refractivity contribution in [1.29, 1.82) is 0 Å². The van der Waals surface area contributed by atoms with Crippen molar-refractivity contribution in [3.63, 3.8) is 0 Å². The molecular formula is C15H23N3O2. The summed E-state index contributed by atoms with van der Waals surface area (Å²) >= 11 is 0. The molecule has 0 bridgehead atoms. The summed E-state index contributed by atoms with van der Waals surface area (Å²) in [5.41, 5.74) is 0.137. The molecule has 0 radical (unpaired) electrons. The Bertz CT molecular complexity index is 445. The van der Waals surface area contributed by atoms with Crippen LogP contribution in [0.25, 0.3) is 0 Å². The normalized spacial score (nSPS) is 15.9. The van der Waals surface area contributed by atoms with Crippen LogP contribution in [0, 0.1) is 0 Å². The molecule has 0 saturated heterocycles. The SMILES string of the molecule is CC(C)(C)OC(=O)Nc1ccc(NC2CCCC2)nc1. The Balaban J connectivity index is 1.86. The standard InChI is InChI=1S/C15H23N3O2/c1-15(2,3)20-14(19)18-12-8-9-13(16-10-12)17-11-6-4-5-7-11/h8-11H,4-7H2,1-3H3,(H,16,17)(H,18,19). The lowest BCUT2D eigenvalue weighted by Gasteiger charge is -2.19. The molecule has 2 rings (SSSR count). The Hall–Kier alpha value is -1.78. The summed E-state index contributed by atoms with van der Waals surface area (Å²) in [6.45, 7) is 5.50. The van der Waals surface area contributed by atoms with Gasteiger partial charge in [0.25, 0.3) is 0 Å².